The highest BCUT2D eigenvalue weighted by atomic mass is 15.2. The summed E-state index contributed by atoms with van der Waals surface area (Å²) in [7, 11) is 0. The molecule has 3 nitrogen and oxygen atoms in total. The number of hydrogen-bond acceptors (Lipinski definition) is 2. The molecule has 1 aromatic heterocycles. The van der Waals surface area contributed by atoms with E-state index in [1.165, 1.54) is 22.3 Å². The Labute approximate surface area is 159 Å². The number of aryl methyl sites for hydroxylation is 2. The molecule has 2 heterocycles. The number of anilines is 1. The number of benzene rings is 3. The molecular weight excluding hydrogens is 330 g/mol. The summed E-state index contributed by atoms with van der Waals surface area (Å²) in [6.45, 7) is 4.25. The van der Waals surface area contributed by atoms with Crippen molar-refractivity contribution < 1.29 is 0 Å². The fourth-order valence-corrected chi connectivity index (χ4v) is 3.81. The lowest BCUT2D eigenvalue weighted by molar-refractivity contribution is 0.720. The highest BCUT2D eigenvalue weighted by molar-refractivity contribution is 5.85. The van der Waals surface area contributed by atoms with E-state index in [0.717, 1.165) is 22.7 Å². The number of nitrogens with zero attached hydrogens (tertiary/aromatic N) is 2. The summed E-state index contributed by atoms with van der Waals surface area (Å²) in [6, 6.07) is 25.8. The van der Waals surface area contributed by atoms with Crippen molar-refractivity contribution in [3.8, 4) is 0 Å². The number of aromatic nitrogens is 2. The van der Waals surface area contributed by atoms with Crippen molar-refractivity contribution in [2.24, 2.45) is 0 Å². The number of allylic oxidation sites excluding steroid dienone is 1. The summed E-state index contributed by atoms with van der Waals surface area (Å²) in [6.07, 6.45) is 2.31. The van der Waals surface area contributed by atoms with Crippen LogP contribution in [0.15, 0.2) is 78.9 Å². The standard InChI is InChI=1S/C24H21N3/c1-16-10-12-18(13-11-16)21-15-23(19-7-5-6-17(2)14-19)27-22-9-4-3-8-20(22)25-24(27)26-21/h3-15,23H,1-2H3,(H,25,26)/t23-/m0/s1. The van der Waals surface area contributed by atoms with Crippen LogP contribution in [0.2, 0.25) is 0 Å². The van der Waals surface area contributed by atoms with Crippen LogP contribution in [-0.2, 0) is 0 Å². The second kappa shape index (κ2) is 6.13. The SMILES string of the molecule is Cc1ccc(C2=C[C@@H](c3cccc(C)c3)n3c(nc4ccccc43)N2)cc1. The van der Waals surface area contributed by atoms with Gasteiger partial charge in [-0.15, -0.1) is 0 Å². The zero-order valence-corrected chi connectivity index (χ0v) is 15.5. The molecule has 1 aliphatic rings. The maximum atomic E-state index is 4.86. The number of imidazole rings is 1. The molecule has 0 radical (unpaired) electrons. The average molecular weight is 351 g/mol. The molecular formula is C24H21N3. The first kappa shape index (κ1) is 15.9. The van der Waals surface area contributed by atoms with E-state index in [1.54, 1.807) is 0 Å². The molecule has 132 valence electrons. The van der Waals surface area contributed by atoms with Crippen LogP contribution in [0.4, 0.5) is 5.95 Å². The van der Waals surface area contributed by atoms with Crippen molar-refractivity contribution in [2.45, 2.75) is 19.9 Å². The molecule has 3 heteroatoms. The monoisotopic (exact) mass is 351 g/mol. The Hall–Kier alpha value is -3.33. The van der Waals surface area contributed by atoms with Gasteiger partial charge in [0.1, 0.15) is 0 Å². The molecule has 1 aliphatic heterocycles. The van der Waals surface area contributed by atoms with Crippen molar-refractivity contribution in [2.75, 3.05) is 5.32 Å². The molecule has 1 N–H and O–H groups in total. The maximum absolute atomic E-state index is 4.86. The van der Waals surface area contributed by atoms with Crippen LogP contribution in [-0.4, -0.2) is 9.55 Å². The normalized spacial score (nSPS) is 15.9. The van der Waals surface area contributed by atoms with E-state index >= 15 is 0 Å². The van der Waals surface area contributed by atoms with Crippen molar-refractivity contribution in [3.63, 3.8) is 0 Å². The van der Waals surface area contributed by atoms with E-state index in [2.05, 4.69) is 96.5 Å². The molecule has 5 rings (SSSR count). The molecule has 4 aromatic rings. The lowest BCUT2D eigenvalue weighted by Crippen LogP contribution is -2.19. The number of rotatable bonds is 2. The minimum Gasteiger partial charge on any atom is -0.325 e. The quantitative estimate of drug-likeness (QED) is 0.501. The Balaban J connectivity index is 1.72. The first-order valence-corrected chi connectivity index (χ1v) is 9.28. The van der Waals surface area contributed by atoms with E-state index in [9.17, 15) is 0 Å². The van der Waals surface area contributed by atoms with Crippen molar-refractivity contribution >= 4 is 22.7 Å². The molecule has 0 saturated heterocycles. The van der Waals surface area contributed by atoms with Gasteiger partial charge in [0.2, 0.25) is 5.95 Å². The van der Waals surface area contributed by atoms with Gasteiger partial charge in [0.05, 0.1) is 17.1 Å². The molecule has 27 heavy (non-hydrogen) atoms. The maximum Gasteiger partial charge on any atom is 0.209 e. The van der Waals surface area contributed by atoms with E-state index in [-0.39, 0.29) is 6.04 Å². The predicted octanol–water partition coefficient (Wildman–Crippen LogP) is 5.71. The lowest BCUT2D eigenvalue weighted by atomic mass is 9.99. The van der Waals surface area contributed by atoms with Gasteiger partial charge in [-0.05, 0) is 43.2 Å². The predicted molar refractivity (Wildman–Crippen MR) is 112 cm³/mol. The highest BCUT2D eigenvalue weighted by Gasteiger charge is 2.25. The third-order valence-electron chi connectivity index (χ3n) is 5.19. The van der Waals surface area contributed by atoms with Crippen LogP contribution in [0.3, 0.4) is 0 Å². The van der Waals surface area contributed by atoms with Crippen molar-refractivity contribution in [3.05, 3.63) is 101 Å². The molecule has 0 amide bonds. The second-order valence-corrected chi connectivity index (χ2v) is 7.22. The Morgan fingerprint density at radius 1 is 0.852 bits per heavy atom. The summed E-state index contributed by atoms with van der Waals surface area (Å²) < 4.78 is 2.29. The largest absolute Gasteiger partial charge is 0.325 e. The zero-order valence-electron chi connectivity index (χ0n) is 15.5. The zero-order chi connectivity index (χ0) is 18.4. The van der Waals surface area contributed by atoms with Gasteiger partial charge in [0.15, 0.2) is 0 Å². The summed E-state index contributed by atoms with van der Waals surface area (Å²) in [5, 5.41) is 3.55. The molecule has 0 fully saturated rings. The van der Waals surface area contributed by atoms with Crippen LogP contribution in [0.25, 0.3) is 16.7 Å². The number of para-hydroxylation sites is 2. The fraction of sp³-hybridized carbons (Fsp3) is 0.125. The van der Waals surface area contributed by atoms with Crippen LogP contribution in [0.1, 0.15) is 28.3 Å². The molecule has 0 aliphatic carbocycles. The van der Waals surface area contributed by atoms with Crippen molar-refractivity contribution in [1.29, 1.82) is 0 Å². The summed E-state index contributed by atoms with van der Waals surface area (Å²) >= 11 is 0. The highest BCUT2D eigenvalue weighted by Crippen LogP contribution is 2.37. The van der Waals surface area contributed by atoms with E-state index < -0.39 is 0 Å². The first-order chi connectivity index (χ1) is 13.2. The third-order valence-corrected chi connectivity index (χ3v) is 5.19. The van der Waals surface area contributed by atoms with Gasteiger partial charge < -0.3 is 5.32 Å². The van der Waals surface area contributed by atoms with Crippen LogP contribution >= 0.6 is 0 Å². The van der Waals surface area contributed by atoms with E-state index in [0.29, 0.717) is 0 Å². The minimum absolute atomic E-state index is 0.102. The molecule has 0 saturated carbocycles. The van der Waals surface area contributed by atoms with Gasteiger partial charge in [-0.1, -0.05) is 71.8 Å². The molecule has 0 unspecified atom stereocenters. The minimum atomic E-state index is 0.102. The van der Waals surface area contributed by atoms with Gasteiger partial charge in [-0.25, -0.2) is 4.98 Å². The molecule has 1 atom stereocenters. The number of hydrogen-bond donors (Lipinski definition) is 1. The molecule has 0 bridgehead atoms. The smallest absolute Gasteiger partial charge is 0.209 e. The van der Waals surface area contributed by atoms with Gasteiger partial charge in [-0.2, -0.15) is 0 Å². The number of nitrogens with one attached hydrogen (secondary N) is 1. The van der Waals surface area contributed by atoms with Gasteiger partial charge in [-0.3, -0.25) is 4.57 Å². The topological polar surface area (TPSA) is 29.9 Å². The molecule has 0 spiro atoms. The van der Waals surface area contributed by atoms with Gasteiger partial charge in [0, 0.05) is 5.70 Å². The molecule has 3 aromatic carbocycles. The van der Waals surface area contributed by atoms with E-state index in [1.807, 2.05) is 6.07 Å². The van der Waals surface area contributed by atoms with Gasteiger partial charge >= 0.3 is 0 Å². The fourth-order valence-electron chi connectivity index (χ4n) is 3.81. The van der Waals surface area contributed by atoms with E-state index in [4.69, 9.17) is 4.98 Å². The summed E-state index contributed by atoms with van der Waals surface area (Å²) in [5.41, 5.74) is 8.23. The first-order valence-electron chi connectivity index (χ1n) is 9.28. The summed E-state index contributed by atoms with van der Waals surface area (Å²) in [5.74, 6) is 0.890. The number of fused-ring (bicyclic) bond motifs is 3. The summed E-state index contributed by atoms with van der Waals surface area (Å²) in [4.78, 5) is 4.86. The Kier molecular flexibility index (Phi) is 3.61. The Bertz CT molecular complexity index is 1170. The van der Waals surface area contributed by atoms with Gasteiger partial charge in [0.25, 0.3) is 0 Å². The second-order valence-electron chi connectivity index (χ2n) is 7.22. The average Bonchev–Trinajstić information content (AvgIpc) is 3.06. The third kappa shape index (κ3) is 2.72. The lowest BCUT2D eigenvalue weighted by Gasteiger charge is -2.27. The Morgan fingerprint density at radius 2 is 1.67 bits per heavy atom. The van der Waals surface area contributed by atoms with Crippen LogP contribution in [0.5, 0.6) is 0 Å². The van der Waals surface area contributed by atoms with Crippen LogP contribution in [0, 0.1) is 13.8 Å². The van der Waals surface area contributed by atoms with Crippen molar-refractivity contribution in [1.82, 2.24) is 9.55 Å². The Morgan fingerprint density at radius 3 is 2.48 bits per heavy atom. The van der Waals surface area contributed by atoms with Crippen LogP contribution < -0.4 is 5.32 Å².